The van der Waals surface area contributed by atoms with E-state index in [9.17, 15) is 13.2 Å². The van der Waals surface area contributed by atoms with Gasteiger partial charge in [-0.15, -0.1) is 0 Å². The number of hydrogen-bond acceptors (Lipinski definition) is 4. The number of nitrogens with zero attached hydrogens (tertiary/aromatic N) is 3. The van der Waals surface area contributed by atoms with Crippen LogP contribution in [0.15, 0.2) is 77.8 Å². The predicted molar refractivity (Wildman–Crippen MR) is 129 cm³/mol. The van der Waals surface area contributed by atoms with E-state index in [1.165, 1.54) is 4.31 Å². The van der Waals surface area contributed by atoms with Crippen LogP contribution < -0.4 is 0 Å². The van der Waals surface area contributed by atoms with Gasteiger partial charge in [-0.2, -0.15) is 4.31 Å². The van der Waals surface area contributed by atoms with E-state index in [1.807, 2.05) is 61.5 Å². The number of aryl methyl sites for hydroxylation is 1. The zero-order valence-corrected chi connectivity index (χ0v) is 19.3. The van der Waals surface area contributed by atoms with Crippen molar-refractivity contribution in [1.29, 1.82) is 0 Å². The van der Waals surface area contributed by atoms with Crippen molar-refractivity contribution in [3.63, 3.8) is 0 Å². The Morgan fingerprint density at radius 2 is 1.61 bits per heavy atom. The topological polar surface area (TPSA) is 70.6 Å². The van der Waals surface area contributed by atoms with Gasteiger partial charge in [0.2, 0.25) is 15.9 Å². The zero-order valence-electron chi connectivity index (χ0n) is 18.4. The molecule has 1 fully saturated rings. The molecule has 0 atom stereocenters. The van der Waals surface area contributed by atoms with Crippen LogP contribution in [0, 0.1) is 6.92 Å². The fourth-order valence-corrected chi connectivity index (χ4v) is 6.08. The fourth-order valence-electron chi connectivity index (χ4n) is 4.49. The van der Waals surface area contributed by atoms with E-state index in [0.29, 0.717) is 25.0 Å². The molecular weight excluding hydrogens is 434 g/mol. The lowest BCUT2D eigenvalue weighted by atomic mass is 10.0. The Kier molecular flexibility index (Phi) is 5.60. The van der Waals surface area contributed by atoms with Crippen molar-refractivity contribution in [1.82, 2.24) is 14.2 Å². The van der Waals surface area contributed by atoms with Crippen molar-refractivity contribution in [3.8, 4) is 0 Å². The number of para-hydroxylation sites is 1. The number of fused-ring (bicyclic) bond motifs is 2. The average molecular weight is 460 g/mol. The van der Waals surface area contributed by atoms with Crippen LogP contribution in [0.3, 0.4) is 0 Å². The lowest BCUT2D eigenvalue weighted by molar-refractivity contribution is -0.131. The van der Waals surface area contributed by atoms with E-state index in [-0.39, 0.29) is 23.9 Å². The Morgan fingerprint density at radius 3 is 2.42 bits per heavy atom. The summed E-state index contributed by atoms with van der Waals surface area (Å²) in [5.74, 6) is 0.0192. The van der Waals surface area contributed by atoms with Crippen LogP contribution in [-0.4, -0.2) is 54.7 Å². The third-order valence-electron chi connectivity index (χ3n) is 6.24. The molecule has 168 valence electrons. The van der Waals surface area contributed by atoms with Gasteiger partial charge in [0.25, 0.3) is 0 Å². The van der Waals surface area contributed by atoms with Crippen molar-refractivity contribution in [2.45, 2.75) is 18.2 Å². The normalized spacial score (nSPS) is 15.2. The van der Waals surface area contributed by atoms with E-state index in [0.717, 1.165) is 27.3 Å². The Morgan fingerprint density at radius 1 is 0.909 bits per heavy atom. The Balaban J connectivity index is 1.31. The van der Waals surface area contributed by atoms with Crippen LogP contribution in [-0.2, 0) is 21.2 Å². The molecule has 0 spiro atoms. The number of aromatic nitrogens is 1. The van der Waals surface area contributed by atoms with Crippen LogP contribution in [0.1, 0.15) is 11.1 Å². The summed E-state index contributed by atoms with van der Waals surface area (Å²) in [7, 11) is -3.71. The minimum atomic E-state index is -3.71. The first-order valence-electron chi connectivity index (χ1n) is 11.0. The number of hydrogen-bond donors (Lipinski definition) is 0. The quantitative estimate of drug-likeness (QED) is 0.466. The van der Waals surface area contributed by atoms with Crippen LogP contribution in [0.25, 0.3) is 21.7 Å². The number of pyridine rings is 1. The molecule has 0 unspecified atom stereocenters. The number of amides is 1. The van der Waals surface area contributed by atoms with E-state index < -0.39 is 10.0 Å². The van der Waals surface area contributed by atoms with Crippen LogP contribution in [0.5, 0.6) is 0 Å². The standard InChI is InChI=1S/C26H25N3O3S/c1-19-16-22-9-5-11-24(26(22)27-18-19)33(31,32)29-14-12-28(13-15-29)25(30)17-21-8-4-7-20-6-2-3-10-23(20)21/h2-11,16,18H,12-15,17H2,1H3. The first-order valence-corrected chi connectivity index (χ1v) is 12.5. The first kappa shape index (κ1) is 21.6. The van der Waals surface area contributed by atoms with E-state index in [1.54, 1.807) is 23.2 Å². The van der Waals surface area contributed by atoms with Crippen molar-refractivity contribution in [2.75, 3.05) is 26.2 Å². The monoisotopic (exact) mass is 459 g/mol. The van der Waals surface area contributed by atoms with E-state index in [4.69, 9.17) is 0 Å². The van der Waals surface area contributed by atoms with Crippen LogP contribution in [0.4, 0.5) is 0 Å². The lowest BCUT2D eigenvalue weighted by Gasteiger charge is -2.34. The summed E-state index contributed by atoms with van der Waals surface area (Å²) < 4.78 is 28.2. The molecule has 1 saturated heterocycles. The molecule has 0 N–H and O–H groups in total. The number of benzene rings is 3. The molecule has 0 radical (unpaired) electrons. The maximum absolute atomic E-state index is 13.4. The highest BCUT2D eigenvalue weighted by Gasteiger charge is 2.31. The second kappa shape index (κ2) is 8.57. The Bertz CT molecular complexity index is 1450. The molecule has 0 bridgehead atoms. The number of sulfonamides is 1. The summed E-state index contributed by atoms with van der Waals surface area (Å²) in [6, 6.07) is 21.2. The smallest absolute Gasteiger partial charge is 0.245 e. The van der Waals surface area contributed by atoms with Gasteiger partial charge in [0.05, 0.1) is 11.9 Å². The van der Waals surface area contributed by atoms with Gasteiger partial charge in [-0.3, -0.25) is 9.78 Å². The highest BCUT2D eigenvalue weighted by atomic mass is 32.2. The molecule has 0 saturated carbocycles. The molecule has 7 heteroatoms. The summed E-state index contributed by atoms with van der Waals surface area (Å²) in [4.78, 5) is 19.4. The number of piperazine rings is 1. The summed E-state index contributed by atoms with van der Waals surface area (Å²) >= 11 is 0. The van der Waals surface area contributed by atoms with Gasteiger partial charge in [0.1, 0.15) is 4.90 Å². The van der Waals surface area contributed by atoms with Gasteiger partial charge >= 0.3 is 0 Å². The minimum absolute atomic E-state index is 0.0192. The minimum Gasteiger partial charge on any atom is -0.340 e. The molecule has 33 heavy (non-hydrogen) atoms. The van der Waals surface area contributed by atoms with E-state index in [2.05, 4.69) is 4.98 Å². The number of rotatable bonds is 4. The van der Waals surface area contributed by atoms with Gasteiger partial charge in [-0.25, -0.2) is 8.42 Å². The van der Waals surface area contributed by atoms with Crippen molar-refractivity contribution in [3.05, 3.63) is 84.1 Å². The van der Waals surface area contributed by atoms with Crippen molar-refractivity contribution in [2.24, 2.45) is 0 Å². The van der Waals surface area contributed by atoms with E-state index >= 15 is 0 Å². The van der Waals surface area contributed by atoms with Gasteiger partial charge < -0.3 is 4.90 Å². The summed E-state index contributed by atoms with van der Waals surface area (Å²) in [6.07, 6.45) is 1.99. The van der Waals surface area contributed by atoms with Gasteiger partial charge in [-0.1, -0.05) is 54.6 Å². The zero-order chi connectivity index (χ0) is 23.0. The van der Waals surface area contributed by atoms with Gasteiger partial charge in [0, 0.05) is 37.8 Å². The molecule has 6 nitrogen and oxygen atoms in total. The van der Waals surface area contributed by atoms with Gasteiger partial charge in [0.15, 0.2) is 0 Å². The number of carbonyl (C=O) groups is 1. The van der Waals surface area contributed by atoms with Crippen LogP contribution >= 0.6 is 0 Å². The first-order chi connectivity index (χ1) is 15.9. The van der Waals surface area contributed by atoms with Crippen LogP contribution in [0.2, 0.25) is 0 Å². The SMILES string of the molecule is Cc1cnc2c(S(=O)(=O)N3CCN(C(=O)Cc4cccc5ccccc45)CC3)cccc2c1. The summed E-state index contributed by atoms with van der Waals surface area (Å²) in [5, 5.41) is 2.99. The van der Waals surface area contributed by atoms with Gasteiger partial charge in [-0.05, 0) is 41.0 Å². The van der Waals surface area contributed by atoms with Crippen molar-refractivity contribution >= 4 is 37.6 Å². The maximum Gasteiger partial charge on any atom is 0.245 e. The highest BCUT2D eigenvalue weighted by molar-refractivity contribution is 7.89. The molecule has 0 aliphatic carbocycles. The Hall–Kier alpha value is -3.29. The average Bonchev–Trinajstić information content (AvgIpc) is 2.83. The second-order valence-corrected chi connectivity index (χ2v) is 10.3. The number of carbonyl (C=O) groups excluding carboxylic acids is 1. The predicted octanol–water partition coefficient (Wildman–Crippen LogP) is 3.77. The second-order valence-electron chi connectivity index (χ2n) is 8.44. The lowest BCUT2D eigenvalue weighted by Crippen LogP contribution is -2.50. The molecule has 5 rings (SSSR count). The molecule has 1 aromatic heterocycles. The summed E-state index contributed by atoms with van der Waals surface area (Å²) in [6.45, 7) is 3.22. The maximum atomic E-state index is 13.4. The molecule has 1 aliphatic rings. The fraction of sp³-hybridized carbons (Fsp3) is 0.231. The molecule has 3 aromatic carbocycles. The molecule has 1 aliphatic heterocycles. The Labute approximate surface area is 193 Å². The third-order valence-corrected chi connectivity index (χ3v) is 8.17. The molecule has 4 aromatic rings. The molecule has 2 heterocycles. The summed E-state index contributed by atoms with van der Waals surface area (Å²) in [5.41, 5.74) is 2.46. The largest absolute Gasteiger partial charge is 0.340 e. The third kappa shape index (κ3) is 4.10. The molecular formula is C26H25N3O3S. The van der Waals surface area contributed by atoms with Crippen molar-refractivity contribution < 1.29 is 13.2 Å². The highest BCUT2D eigenvalue weighted by Crippen LogP contribution is 2.26. The molecule has 1 amide bonds.